The lowest BCUT2D eigenvalue weighted by Crippen LogP contribution is -2.45. The normalized spacial score (nSPS) is 23.2. The van der Waals surface area contributed by atoms with Crippen LogP contribution in [0.2, 0.25) is 0 Å². The van der Waals surface area contributed by atoms with Crippen molar-refractivity contribution in [2.45, 2.75) is 31.6 Å². The highest BCUT2D eigenvalue weighted by atomic mass is 16.3. The zero-order valence-electron chi connectivity index (χ0n) is 12.3. The van der Waals surface area contributed by atoms with Gasteiger partial charge in [0, 0.05) is 19.7 Å². The molecule has 1 aliphatic heterocycles. The molecule has 0 aromatic heterocycles. The van der Waals surface area contributed by atoms with Crippen LogP contribution in [-0.2, 0) is 10.2 Å². The molecule has 0 bridgehead atoms. The van der Waals surface area contributed by atoms with Crippen LogP contribution >= 0.6 is 0 Å². The van der Waals surface area contributed by atoms with E-state index in [1.54, 1.807) is 0 Å². The Morgan fingerprint density at radius 1 is 1.40 bits per heavy atom. The van der Waals surface area contributed by atoms with Crippen molar-refractivity contribution in [3.8, 4) is 0 Å². The van der Waals surface area contributed by atoms with Gasteiger partial charge in [-0.3, -0.25) is 0 Å². The third-order valence-electron chi connectivity index (χ3n) is 4.39. The van der Waals surface area contributed by atoms with E-state index in [1.165, 1.54) is 6.42 Å². The van der Waals surface area contributed by atoms with Crippen LogP contribution in [0, 0.1) is 5.92 Å². The number of aliphatic hydroxyl groups excluding tert-OH is 1. The van der Waals surface area contributed by atoms with Crippen molar-refractivity contribution >= 4 is 6.29 Å². The number of aldehydes is 1. The Morgan fingerprint density at radius 3 is 2.80 bits per heavy atom. The molecule has 2 unspecified atom stereocenters. The summed E-state index contributed by atoms with van der Waals surface area (Å²) >= 11 is 0. The van der Waals surface area contributed by atoms with E-state index in [2.05, 4.69) is 4.90 Å². The van der Waals surface area contributed by atoms with Gasteiger partial charge in [0.05, 0.1) is 5.41 Å². The summed E-state index contributed by atoms with van der Waals surface area (Å²) in [7, 11) is 0. The molecule has 1 aromatic carbocycles. The number of piperidine rings is 1. The van der Waals surface area contributed by atoms with Crippen molar-refractivity contribution in [1.29, 1.82) is 0 Å². The first kappa shape index (κ1) is 15.2. The van der Waals surface area contributed by atoms with Gasteiger partial charge in [-0.05, 0) is 44.2 Å². The molecule has 0 spiro atoms. The molecule has 1 heterocycles. The molecule has 1 N–H and O–H groups in total. The van der Waals surface area contributed by atoms with E-state index < -0.39 is 5.41 Å². The number of rotatable bonds is 6. The Hall–Kier alpha value is -1.19. The van der Waals surface area contributed by atoms with E-state index in [4.69, 9.17) is 5.11 Å². The predicted molar refractivity (Wildman–Crippen MR) is 80.7 cm³/mol. The monoisotopic (exact) mass is 275 g/mol. The summed E-state index contributed by atoms with van der Waals surface area (Å²) in [5.41, 5.74) is 0.641. The fourth-order valence-corrected chi connectivity index (χ4v) is 3.19. The van der Waals surface area contributed by atoms with E-state index in [0.717, 1.165) is 44.3 Å². The summed E-state index contributed by atoms with van der Waals surface area (Å²) in [6, 6.07) is 10.0. The Morgan fingerprint density at radius 2 is 2.15 bits per heavy atom. The fourth-order valence-electron chi connectivity index (χ4n) is 3.19. The quantitative estimate of drug-likeness (QED) is 0.809. The van der Waals surface area contributed by atoms with Gasteiger partial charge in [-0.2, -0.15) is 0 Å². The van der Waals surface area contributed by atoms with Crippen molar-refractivity contribution < 1.29 is 9.90 Å². The summed E-state index contributed by atoms with van der Waals surface area (Å²) in [6.45, 7) is 5.10. The molecule has 0 aliphatic carbocycles. The molecule has 1 fully saturated rings. The highest BCUT2D eigenvalue weighted by Gasteiger charge is 2.31. The number of hydrogen-bond donors (Lipinski definition) is 1. The highest BCUT2D eigenvalue weighted by Crippen LogP contribution is 2.26. The summed E-state index contributed by atoms with van der Waals surface area (Å²) in [4.78, 5) is 14.0. The number of nitrogens with zero attached hydrogens (tertiary/aromatic N) is 1. The molecule has 1 saturated heterocycles. The molecule has 20 heavy (non-hydrogen) atoms. The van der Waals surface area contributed by atoms with Crippen LogP contribution in [-0.4, -0.2) is 42.5 Å². The molecular formula is C17H25NO2. The van der Waals surface area contributed by atoms with Crippen LogP contribution in [0.4, 0.5) is 0 Å². The minimum atomic E-state index is -0.442. The van der Waals surface area contributed by atoms with Gasteiger partial charge in [-0.15, -0.1) is 0 Å². The van der Waals surface area contributed by atoms with Crippen LogP contribution in [0.5, 0.6) is 0 Å². The molecule has 110 valence electrons. The maximum absolute atomic E-state index is 11.6. The third-order valence-corrected chi connectivity index (χ3v) is 4.39. The van der Waals surface area contributed by atoms with Crippen molar-refractivity contribution in [2.24, 2.45) is 5.92 Å². The molecule has 3 nitrogen and oxygen atoms in total. The zero-order chi connectivity index (χ0) is 14.4. The Kier molecular flexibility index (Phi) is 5.32. The van der Waals surface area contributed by atoms with Gasteiger partial charge >= 0.3 is 0 Å². The largest absolute Gasteiger partial charge is 0.396 e. The second-order valence-electron chi connectivity index (χ2n) is 6.16. The van der Waals surface area contributed by atoms with Crippen molar-refractivity contribution in [3.63, 3.8) is 0 Å². The Bertz CT molecular complexity index is 418. The highest BCUT2D eigenvalue weighted by molar-refractivity contribution is 5.68. The summed E-state index contributed by atoms with van der Waals surface area (Å²) < 4.78 is 0. The number of carbonyl (C=O) groups excluding carboxylic acids is 1. The summed E-state index contributed by atoms with van der Waals surface area (Å²) in [5.74, 6) is 0.570. The molecule has 3 heteroatoms. The van der Waals surface area contributed by atoms with E-state index in [9.17, 15) is 4.79 Å². The first-order valence-electron chi connectivity index (χ1n) is 7.53. The standard InChI is InChI=1S/C17H25NO2/c1-17(14-20,16-7-3-2-4-8-16)13-18-10-5-6-15(12-18)9-11-19/h2-4,7-8,14-15,19H,5-6,9-13H2,1H3. The summed E-state index contributed by atoms with van der Waals surface area (Å²) in [5, 5.41) is 9.09. The smallest absolute Gasteiger partial charge is 0.131 e. The average molecular weight is 275 g/mol. The second kappa shape index (κ2) is 7.00. The SMILES string of the molecule is CC(C=O)(CN1CCCC(CCO)C1)c1ccccc1. The van der Waals surface area contributed by atoms with Gasteiger partial charge in [0.25, 0.3) is 0 Å². The first-order chi connectivity index (χ1) is 9.68. The number of benzene rings is 1. The molecule has 1 aliphatic rings. The van der Waals surface area contributed by atoms with Gasteiger partial charge < -0.3 is 14.8 Å². The molecule has 0 radical (unpaired) electrons. The second-order valence-corrected chi connectivity index (χ2v) is 6.16. The fraction of sp³-hybridized carbons (Fsp3) is 0.588. The van der Waals surface area contributed by atoms with Crippen LogP contribution < -0.4 is 0 Å². The molecular weight excluding hydrogens is 250 g/mol. The van der Waals surface area contributed by atoms with Crippen LogP contribution in [0.3, 0.4) is 0 Å². The molecule has 2 rings (SSSR count). The predicted octanol–water partition coefficient (Wildman–Crippen LogP) is 2.24. The van der Waals surface area contributed by atoms with E-state index in [-0.39, 0.29) is 6.61 Å². The van der Waals surface area contributed by atoms with Crippen molar-refractivity contribution in [3.05, 3.63) is 35.9 Å². The lowest BCUT2D eigenvalue weighted by Gasteiger charge is -2.37. The van der Waals surface area contributed by atoms with E-state index in [1.807, 2.05) is 37.3 Å². The Balaban J connectivity index is 2.04. The van der Waals surface area contributed by atoms with Gasteiger partial charge in [0.1, 0.15) is 6.29 Å². The summed E-state index contributed by atoms with van der Waals surface area (Å²) in [6.07, 6.45) is 4.31. The molecule has 1 aromatic rings. The minimum Gasteiger partial charge on any atom is -0.396 e. The maximum Gasteiger partial charge on any atom is 0.131 e. The number of aliphatic hydroxyl groups is 1. The van der Waals surface area contributed by atoms with Crippen molar-refractivity contribution in [1.82, 2.24) is 4.90 Å². The minimum absolute atomic E-state index is 0.266. The van der Waals surface area contributed by atoms with Gasteiger partial charge in [-0.1, -0.05) is 30.3 Å². The number of carbonyl (C=O) groups is 1. The van der Waals surface area contributed by atoms with Gasteiger partial charge in [0.15, 0.2) is 0 Å². The lowest BCUT2D eigenvalue weighted by molar-refractivity contribution is -0.113. The van der Waals surface area contributed by atoms with Crippen LogP contribution in [0.15, 0.2) is 30.3 Å². The molecule has 2 atom stereocenters. The third kappa shape index (κ3) is 3.68. The zero-order valence-corrected chi connectivity index (χ0v) is 12.3. The number of likely N-dealkylation sites (tertiary alicyclic amines) is 1. The van der Waals surface area contributed by atoms with Gasteiger partial charge in [-0.25, -0.2) is 0 Å². The first-order valence-corrected chi connectivity index (χ1v) is 7.53. The average Bonchev–Trinajstić information content (AvgIpc) is 2.49. The van der Waals surface area contributed by atoms with Crippen molar-refractivity contribution in [2.75, 3.05) is 26.2 Å². The van der Waals surface area contributed by atoms with Crippen LogP contribution in [0.25, 0.3) is 0 Å². The van der Waals surface area contributed by atoms with E-state index >= 15 is 0 Å². The topological polar surface area (TPSA) is 40.5 Å². The van der Waals surface area contributed by atoms with Gasteiger partial charge in [0.2, 0.25) is 0 Å². The van der Waals surface area contributed by atoms with Crippen LogP contribution in [0.1, 0.15) is 31.7 Å². The maximum atomic E-state index is 11.6. The lowest BCUT2D eigenvalue weighted by atomic mass is 9.82. The number of hydrogen-bond acceptors (Lipinski definition) is 3. The Labute approximate surface area is 121 Å². The molecule has 0 amide bonds. The van der Waals surface area contributed by atoms with E-state index in [0.29, 0.717) is 5.92 Å². The molecule has 0 saturated carbocycles.